The van der Waals surface area contributed by atoms with Gasteiger partial charge in [0.2, 0.25) is 5.91 Å². The second-order valence-electron chi connectivity index (χ2n) is 5.92. The lowest BCUT2D eigenvalue weighted by molar-refractivity contribution is -0.114. The predicted octanol–water partition coefficient (Wildman–Crippen LogP) is 4.65. The number of nitrogens with zero attached hydrogens (tertiary/aromatic N) is 1. The number of carbonyl (C=O) groups is 2. The molecular formula is C20H18N2O2S2. The molecule has 0 fully saturated rings. The Morgan fingerprint density at radius 3 is 2.54 bits per heavy atom. The lowest BCUT2D eigenvalue weighted by Crippen LogP contribution is -2.14. The van der Waals surface area contributed by atoms with Crippen molar-refractivity contribution in [2.75, 3.05) is 11.1 Å². The molecule has 0 saturated carbocycles. The van der Waals surface area contributed by atoms with Gasteiger partial charge in [-0.05, 0) is 48.7 Å². The van der Waals surface area contributed by atoms with Gasteiger partial charge in [-0.1, -0.05) is 59.9 Å². The van der Waals surface area contributed by atoms with Crippen molar-refractivity contribution in [2.24, 2.45) is 4.99 Å². The Hall–Kier alpha value is -2.31. The van der Waals surface area contributed by atoms with Gasteiger partial charge in [-0.15, -0.1) is 0 Å². The summed E-state index contributed by atoms with van der Waals surface area (Å²) in [5, 5.41) is 2.89. The Morgan fingerprint density at radius 2 is 1.85 bits per heavy atom. The zero-order valence-corrected chi connectivity index (χ0v) is 16.1. The highest BCUT2D eigenvalue weighted by molar-refractivity contribution is 8.41. The summed E-state index contributed by atoms with van der Waals surface area (Å²) in [5.74, 6) is -0.155. The van der Waals surface area contributed by atoms with Crippen LogP contribution in [0.25, 0.3) is 6.08 Å². The number of amides is 2. The van der Waals surface area contributed by atoms with E-state index < -0.39 is 0 Å². The molecule has 1 heterocycles. The Morgan fingerprint density at radius 1 is 1.15 bits per heavy atom. The van der Waals surface area contributed by atoms with Crippen LogP contribution in [0, 0.1) is 13.8 Å². The van der Waals surface area contributed by atoms with Gasteiger partial charge in [-0.25, -0.2) is 0 Å². The number of carbonyl (C=O) groups excluding carboxylic acids is 2. The Labute approximate surface area is 161 Å². The van der Waals surface area contributed by atoms with Gasteiger partial charge in [-0.3, -0.25) is 9.59 Å². The van der Waals surface area contributed by atoms with Crippen LogP contribution in [0.5, 0.6) is 0 Å². The molecule has 26 heavy (non-hydrogen) atoms. The van der Waals surface area contributed by atoms with E-state index in [0.29, 0.717) is 9.28 Å². The molecule has 1 aliphatic heterocycles. The fourth-order valence-electron chi connectivity index (χ4n) is 2.52. The molecule has 4 nitrogen and oxygen atoms in total. The van der Waals surface area contributed by atoms with E-state index in [4.69, 9.17) is 0 Å². The van der Waals surface area contributed by atoms with Gasteiger partial charge in [-0.2, -0.15) is 4.99 Å². The van der Waals surface area contributed by atoms with E-state index in [1.807, 2.05) is 62.4 Å². The van der Waals surface area contributed by atoms with Crippen LogP contribution in [-0.2, 0) is 9.59 Å². The van der Waals surface area contributed by atoms with E-state index in [1.54, 1.807) is 0 Å². The van der Waals surface area contributed by atoms with E-state index in [-0.39, 0.29) is 17.6 Å². The Kier molecular flexibility index (Phi) is 5.96. The van der Waals surface area contributed by atoms with Crippen molar-refractivity contribution in [1.82, 2.24) is 0 Å². The monoisotopic (exact) mass is 382 g/mol. The van der Waals surface area contributed by atoms with E-state index >= 15 is 0 Å². The standard InChI is InChI=1S/C20H18N2O2S2/c1-13-8-14(2)10-16(9-13)21-18(23)12-25-20-22-19(24)17(26-20)11-15-6-4-3-5-7-15/h3-11H,12H2,1-2H3,(H,21,23)/b17-11+. The van der Waals surface area contributed by atoms with Crippen LogP contribution < -0.4 is 5.32 Å². The average molecular weight is 383 g/mol. The van der Waals surface area contributed by atoms with Crippen molar-refractivity contribution in [3.63, 3.8) is 0 Å². The molecule has 0 unspecified atom stereocenters. The first kappa shape index (κ1) is 18.5. The van der Waals surface area contributed by atoms with Gasteiger partial charge in [0.25, 0.3) is 5.91 Å². The minimum atomic E-state index is -0.254. The second-order valence-corrected chi connectivity index (χ2v) is 8.17. The number of thioether (sulfide) groups is 2. The highest BCUT2D eigenvalue weighted by Crippen LogP contribution is 2.33. The van der Waals surface area contributed by atoms with Gasteiger partial charge in [0, 0.05) is 5.69 Å². The molecule has 1 aliphatic rings. The van der Waals surface area contributed by atoms with Gasteiger partial charge in [0.05, 0.1) is 10.7 Å². The summed E-state index contributed by atoms with van der Waals surface area (Å²) in [6.45, 7) is 3.99. The largest absolute Gasteiger partial charge is 0.325 e. The topological polar surface area (TPSA) is 58.5 Å². The lowest BCUT2D eigenvalue weighted by atomic mass is 10.1. The van der Waals surface area contributed by atoms with Crippen molar-refractivity contribution in [1.29, 1.82) is 0 Å². The fraction of sp³-hybridized carbons (Fsp3) is 0.150. The van der Waals surface area contributed by atoms with Crippen LogP contribution in [-0.4, -0.2) is 21.9 Å². The molecule has 2 aromatic carbocycles. The van der Waals surface area contributed by atoms with Crippen LogP contribution in [0.3, 0.4) is 0 Å². The zero-order chi connectivity index (χ0) is 18.5. The van der Waals surface area contributed by atoms with Crippen molar-refractivity contribution >= 4 is 51.5 Å². The molecule has 3 rings (SSSR count). The predicted molar refractivity (Wildman–Crippen MR) is 111 cm³/mol. The van der Waals surface area contributed by atoms with Crippen LogP contribution in [0.4, 0.5) is 5.69 Å². The molecule has 6 heteroatoms. The first-order valence-corrected chi connectivity index (χ1v) is 9.88. The summed E-state index contributed by atoms with van der Waals surface area (Å²) in [7, 11) is 0. The molecule has 0 aromatic heterocycles. The van der Waals surface area contributed by atoms with Crippen molar-refractivity contribution < 1.29 is 9.59 Å². The maximum absolute atomic E-state index is 12.2. The van der Waals surface area contributed by atoms with Gasteiger partial charge < -0.3 is 5.32 Å². The van der Waals surface area contributed by atoms with E-state index in [0.717, 1.165) is 22.4 Å². The number of rotatable bonds is 4. The summed E-state index contributed by atoms with van der Waals surface area (Å²) in [6.07, 6.45) is 1.82. The fourth-order valence-corrected chi connectivity index (χ4v) is 4.32. The number of aliphatic imine (C=N–C) groups is 1. The first-order valence-electron chi connectivity index (χ1n) is 8.08. The molecule has 0 aliphatic carbocycles. The summed E-state index contributed by atoms with van der Waals surface area (Å²) in [4.78, 5) is 28.8. The van der Waals surface area contributed by atoms with E-state index in [9.17, 15) is 9.59 Å². The van der Waals surface area contributed by atoms with Crippen LogP contribution in [0.15, 0.2) is 58.4 Å². The Balaban J connectivity index is 1.55. The average Bonchev–Trinajstić information content (AvgIpc) is 2.93. The number of hydrogen-bond acceptors (Lipinski definition) is 4. The third-order valence-electron chi connectivity index (χ3n) is 3.53. The summed E-state index contributed by atoms with van der Waals surface area (Å²) < 4.78 is 0.604. The van der Waals surface area contributed by atoms with E-state index in [1.165, 1.54) is 23.5 Å². The molecular weight excluding hydrogens is 364 g/mol. The molecule has 0 saturated heterocycles. The van der Waals surface area contributed by atoms with Gasteiger partial charge >= 0.3 is 0 Å². The molecule has 1 N–H and O–H groups in total. The number of nitrogens with one attached hydrogen (secondary N) is 1. The number of benzene rings is 2. The highest BCUT2D eigenvalue weighted by atomic mass is 32.2. The van der Waals surface area contributed by atoms with Crippen molar-refractivity contribution in [3.05, 3.63) is 70.1 Å². The highest BCUT2D eigenvalue weighted by Gasteiger charge is 2.22. The van der Waals surface area contributed by atoms with Crippen molar-refractivity contribution in [2.45, 2.75) is 13.8 Å². The Bertz CT molecular complexity index is 885. The lowest BCUT2D eigenvalue weighted by Gasteiger charge is -2.07. The van der Waals surface area contributed by atoms with Gasteiger partial charge in [0.1, 0.15) is 4.38 Å². The number of anilines is 1. The number of aryl methyl sites for hydroxylation is 2. The van der Waals surface area contributed by atoms with Gasteiger partial charge in [0.15, 0.2) is 0 Å². The minimum Gasteiger partial charge on any atom is -0.325 e. The molecule has 2 aromatic rings. The molecule has 2 amide bonds. The van der Waals surface area contributed by atoms with Crippen molar-refractivity contribution in [3.8, 4) is 0 Å². The number of hydrogen-bond donors (Lipinski definition) is 1. The molecule has 0 spiro atoms. The molecule has 132 valence electrons. The SMILES string of the molecule is Cc1cc(C)cc(NC(=O)CSC2=NC(=O)/C(=C\c3ccccc3)S2)c1. The maximum Gasteiger partial charge on any atom is 0.285 e. The summed E-state index contributed by atoms with van der Waals surface area (Å²) in [6, 6.07) is 15.6. The quantitative estimate of drug-likeness (QED) is 0.782. The summed E-state index contributed by atoms with van der Waals surface area (Å²) in [5.41, 5.74) is 3.95. The molecule has 0 atom stereocenters. The maximum atomic E-state index is 12.2. The third-order valence-corrected chi connectivity index (χ3v) is 5.66. The normalized spacial score (nSPS) is 15.2. The van der Waals surface area contributed by atoms with Crippen LogP contribution in [0.2, 0.25) is 0 Å². The molecule has 0 bridgehead atoms. The smallest absolute Gasteiger partial charge is 0.285 e. The first-order chi connectivity index (χ1) is 12.5. The second kappa shape index (κ2) is 8.38. The minimum absolute atomic E-state index is 0.115. The third kappa shape index (κ3) is 5.09. The molecule has 0 radical (unpaired) electrons. The zero-order valence-electron chi connectivity index (χ0n) is 14.5. The summed E-state index contributed by atoms with van der Waals surface area (Å²) >= 11 is 2.59. The van der Waals surface area contributed by atoms with E-state index in [2.05, 4.69) is 16.4 Å². The van der Waals surface area contributed by atoms with Crippen LogP contribution in [0.1, 0.15) is 16.7 Å². The van der Waals surface area contributed by atoms with Crippen LogP contribution >= 0.6 is 23.5 Å².